The fraction of sp³-hybridized carbons (Fsp3) is 0.320. The van der Waals surface area contributed by atoms with Gasteiger partial charge in [-0.15, -0.1) is 0 Å². The lowest BCUT2D eigenvalue weighted by atomic mass is 10.1. The molecule has 150 valence electrons. The Kier molecular flexibility index (Phi) is 6.42. The zero-order valence-electron chi connectivity index (χ0n) is 16.8. The van der Waals surface area contributed by atoms with Crippen LogP contribution in [0.1, 0.15) is 46.7 Å². The summed E-state index contributed by atoms with van der Waals surface area (Å²) in [6.07, 6.45) is 3.38. The van der Waals surface area contributed by atoms with Gasteiger partial charge in [0, 0.05) is 26.2 Å². The third-order valence-electron chi connectivity index (χ3n) is 5.39. The molecule has 4 heteroatoms. The third kappa shape index (κ3) is 5.36. The number of carbonyl (C=O) groups excluding carboxylic acids is 1. The predicted octanol–water partition coefficient (Wildman–Crippen LogP) is 5.11. The molecule has 1 aliphatic rings. The minimum Gasteiger partial charge on any atom is -0.455 e. The van der Waals surface area contributed by atoms with Crippen LogP contribution in [0.2, 0.25) is 0 Å². The Morgan fingerprint density at radius 1 is 0.759 bits per heavy atom. The molecule has 0 N–H and O–H groups in total. The van der Waals surface area contributed by atoms with Crippen molar-refractivity contribution in [2.24, 2.45) is 0 Å². The normalized spacial score (nSPS) is 14.3. The van der Waals surface area contributed by atoms with E-state index in [1.165, 1.54) is 17.5 Å². The van der Waals surface area contributed by atoms with E-state index < -0.39 is 0 Å². The first-order valence-electron chi connectivity index (χ1n) is 10.5. The first-order chi connectivity index (χ1) is 14.3. The molecular formula is C25H28N2O2. The van der Waals surface area contributed by atoms with Crippen molar-refractivity contribution in [2.45, 2.75) is 38.9 Å². The molecule has 0 saturated carbocycles. The molecule has 29 heavy (non-hydrogen) atoms. The highest BCUT2D eigenvalue weighted by Crippen LogP contribution is 2.19. The van der Waals surface area contributed by atoms with Crippen molar-refractivity contribution >= 4 is 5.91 Å². The summed E-state index contributed by atoms with van der Waals surface area (Å²) in [4.78, 5) is 17.0. The lowest BCUT2D eigenvalue weighted by molar-refractivity contribution is 0.0687. The highest BCUT2D eigenvalue weighted by atomic mass is 16.4. The van der Waals surface area contributed by atoms with Gasteiger partial charge in [-0.25, -0.2) is 0 Å². The average molecular weight is 389 g/mol. The van der Waals surface area contributed by atoms with Crippen molar-refractivity contribution in [1.82, 2.24) is 9.80 Å². The molecule has 2 aromatic carbocycles. The Morgan fingerprint density at radius 2 is 1.34 bits per heavy atom. The molecule has 0 atom stereocenters. The monoisotopic (exact) mass is 388 g/mol. The Bertz CT molecular complexity index is 857. The van der Waals surface area contributed by atoms with E-state index in [0.29, 0.717) is 12.3 Å². The van der Waals surface area contributed by atoms with Gasteiger partial charge >= 0.3 is 0 Å². The molecule has 1 fully saturated rings. The van der Waals surface area contributed by atoms with Crippen LogP contribution in [0, 0.1) is 0 Å². The van der Waals surface area contributed by atoms with Crippen molar-refractivity contribution in [1.29, 1.82) is 0 Å². The van der Waals surface area contributed by atoms with Crippen LogP contribution >= 0.6 is 0 Å². The second kappa shape index (κ2) is 9.57. The minimum absolute atomic E-state index is 0.0219. The van der Waals surface area contributed by atoms with Gasteiger partial charge in [0.15, 0.2) is 5.76 Å². The van der Waals surface area contributed by atoms with Crippen LogP contribution in [0.3, 0.4) is 0 Å². The standard InChI is InChI=1S/C25H28N2O2/c28-25(27-16-8-3-9-17-27)24-15-14-23(29-24)20-26(18-21-10-4-1-5-11-21)19-22-12-6-2-7-13-22/h1-2,4-7,10-15H,3,8-9,16-20H2. The van der Waals surface area contributed by atoms with Gasteiger partial charge in [-0.1, -0.05) is 60.7 Å². The fourth-order valence-electron chi connectivity index (χ4n) is 3.90. The number of amides is 1. The number of piperidine rings is 1. The SMILES string of the molecule is O=C(c1ccc(CN(Cc2ccccc2)Cc2ccccc2)o1)N1CCCCC1. The maximum absolute atomic E-state index is 12.7. The molecule has 1 amide bonds. The van der Waals surface area contributed by atoms with Gasteiger partial charge in [-0.2, -0.15) is 0 Å². The summed E-state index contributed by atoms with van der Waals surface area (Å²) < 4.78 is 5.97. The molecule has 4 nitrogen and oxygen atoms in total. The molecule has 3 aromatic rings. The van der Waals surface area contributed by atoms with Crippen molar-refractivity contribution in [3.05, 3.63) is 95.4 Å². The maximum Gasteiger partial charge on any atom is 0.289 e. The number of hydrogen-bond acceptors (Lipinski definition) is 3. The predicted molar refractivity (Wildman–Crippen MR) is 114 cm³/mol. The van der Waals surface area contributed by atoms with E-state index in [2.05, 4.69) is 53.4 Å². The summed E-state index contributed by atoms with van der Waals surface area (Å²) in [5.41, 5.74) is 2.53. The highest BCUT2D eigenvalue weighted by molar-refractivity contribution is 5.91. The number of carbonyl (C=O) groups is 1. The average Bonchev–Trinajstić information content (AvgIpc) is 3.24. The number of furan rings is 1. The number of rotatable bonds is 7. The summed E-state index contributed by atoms with van der Waals surface area (Å²) in [6.45, 7) is 3.99. The van der Waals surface area contributed by atoms with Crippen molar-refractivity contribution < 1.29 is 9.21 Å². The highest BCUT2D eigenvalue weighted by Gasteiger charge is 2.21. The summed E-state index contributed by atoms with van der Waals surface area (Å²) in [7, 11) is 0. The van der Waals surface area contributed by atoms with Crippen LogP contribution < -0.4 is 0 Å². The quantitative estimate of drug-likeness (QED) is 0.564. The molecule has 0 bridgehead atoms. The van der Waals surface area contributed by atoms with Crippen molar-refractivity contribution in [3.8, 4) is 0 Å². The van der Waals surface area contributed by atoms with Crippen molar-refractivity contribution in [2.75, 3.05) is 13.1 Å². The van der Waals surface area contributed by atoms with Gasteiger partial charge in [0.1, 0.15) is 5.76 Å². The summed E-state index contributed by atoms with van der Waals surface area (Å²) in [6, 6.07) is 24.7. The fourth-order valence-corrected chi connectivity index (χ4v) is 3.90. The second-order valence-electron chi connectivity index (χ2n) is 7.74. The number of nitrogens with zero attached hydrogens (tertiary/aromatic N) is 2. The van der Waals surface area contributed by atoms with Gasteiger partial charge in [-0.3, -0.25) is 9.69 Å². The third-order valence-corrected chi connectivity index (χ3v) is 5.39. The zero-order valence-corrected chi connectivity index (χ0v) is 16.8. The molecule has 1 saturated heterocycles. The van der Waals surface area contributed by atoms with Gasteiger partial charge in [0.25, 0.3) is 5.91 Å². The topological polar surface area (TPSA) is 36.7 Å². The Labute approximate surface area is 172 Å². The Balaban J connectivity index is 1.46. The number of hydrogen-bond donors (Lipinski definition) is 0. The molecule has 0 aliphatic carbocycles. The van der Waals surface area contributed by atoms with E-state index in [-0.39, 0.29) is 5.91 Å². The lowest BCUT2D eigenvalue weighted by Gasteiger charge is -2.25. The molecule has 0 spiro atoms. The first kappa shape index (κ1) is 19.5. The minimum atomic E-state index is 0.0219. The van der Waals surface area contributed by atoms with Gasteiger partial charge in [0.05, 0.1) is 6.54 Å². The number of benzene rings is 2. The molecule has 0 unspecified atom stereocenters. The molecular weight excluding hydrogens is 360 g/mol. The Morgan fingerprint density at radius 3 is 1.93 bits per heavy atom. The van der Waals surface area contributed by atoms with E-state index in [9.17, 15) is 4.79 Å². The molecule has 1 aromatic heterocycles. The van der Waals surface area contributed by atoms with E-state index in [0.717, 1.165) is 44.8 Å². The summed E-state index contributed by atoms with van der Waals surface area (Å²) >= 11 is 0. The van der Waals surface area contributed by atoms with E-state index in [1.54, 1.807) is 0 Å². The van der Waals surface area contributed by atoms with Crippen LogP contribution in [0.5, 0.6) is 0 Å². The lowest BCUT2D eigenvalue weighted by Crippen LogP contribution is -2.35. The largest absolute Gasteiger partial charge is 0.455 e. The van der Waals surface area contributed by atoms with Crippen LogP contribution in [0.4, 0.5) is 0 Å². The molecule has 1 aliphatic heterocycles. The second-order valence-corrected chi connectivity index (χ2v) is 7.74. The van der Waals surface area contributed by atoms with Gasteiger partial charge in [0.2, 0.25) is 0 Å². The van der Waals surface area contributed by atoms with Gasteiger partial charge < -0.3 is 9.32 Å². The smallest absolute Gasteiger partial charge is 0.289 e. The molecule has 0 radical (unpaired) electrons. The maximum atomic E-state index is 12.7. The molecule has 2 heterocycles. The van der Waals surface area contributed by atoms with Crippen LogP contribution in [0.15, 0.2) is 77.2 Å². The Hall–Kier alpha value is -2.85. The van der Waals surface area contributed by atoms with E-state index >= 15 is 0 Å². The van der Waals surface area contributed by atoms with Gasteiger partial charge in [-0.05, 0) is 42.5 Å². The van der Waals surface area contributed by atoms with Crippen LogP contribution in [0.25, 0.3) is 0 Å². The number of likely N-dealkylation sites (tertiary alicyclic amines) is 1. The first-order valence-corrected chi connectivity index (χ1v) is 10.5. The van der Waals surface area contributed by atoms with Crippen molar-refractivity contribution in [3.63, 3.8) is 0 Å². The summed E-state index contributed by atoms with van der Waals surface area (Å²) in [5, 5.41) is 0. The summed E-state index contributed by atoms with van der Waals surface area (Å²) in [5.74, 6) is 1.31. The van der Waals surface area contributed by atoms with E-state index in [4.69, 9.17) is 4.42 Å². The van der Waals surface area contributed by atoms with Crippen LogP contribution in [-0.2, 0) is 19.6 Å². The van der Waals surface area contributed by atoms with Crippen LogP contribution in [-0.4, -0.2) is 28.8 Å². The molecule has 4 rings (SSSR count). The van der Waals surface area contributed by atoms with E-state index in [1.807, 2.05) is 29.2 Å². The zero-order chi connectivity index (χ0) is 19.9.